The summed E-state index contributed by atoms with van der Waals surface area (Å²) in [5, 5.41) is 0.713. The van der Waals surface area contributed by atoms with Crippen molar-refractivity contribution in [1.29, 1.82) is 0 Å². The molecule has 0 aliphatic carbocycles. The second-order valence-corrected chi connectivity index (χ2v) is 9.52. The van der Waals surface area contributed by atoms with E-state index in [0.717, 1.165) is 65.5 Å². The molecule has 0 bridgehead atoms. The number of fused-ring (bicyclic) bond motifs is 2. The summed E-state index contributed by atoms with van der Waals surface area (Å²) in [6.45, 7) is 4.97. The van der Waals surface area contributed by atoms with Crippen LogP contribution < -0.4 is 9.64 Å². The molecule has 9 heteroatoms. The molecule has 166 valence electrons. The minimum absolute atomic E-state index is 0.0340. The van der Waals surface area contributed by atoms with Crippen LogP contribution >= 0.6 is 22.7 Å². The van der Waals surface area contributed by atoms with Gasteiger partial charge in [-0.1, -0.05) is 11.3 Å². The predicted molar refractivity (Wildman–Crippen MR) is 129 cm³/mol. The number of hydrogen-bond donors (Lipinski definition) is 0. The average molecular weight is 469 g/mol. The Kier molecular flexibility index (Phi) is 6.31. The summed E-state index contributed by atoms with van der Waals surface area (Å²) in [5.74, 6) is 0.725. The first-order chi connectivity index (χ1) is 15.7. The zero-order valence-corrected chi connectivity index (χ0v) is 19.5. The fourth-order valence-electron chi connectivity index (χ4n) is 3.84. The molecule has 0 N–H and O–H groups in total. The molecule has 0 atom stereocenters. The summed E-state index contributed by atoms with van der Waals surface area (Å²) >= 11 is 3.08. The molecule has 5 rings (SSSR count). The van der Waals surface area contributed by atoms with Gasteiger partial charge in [0.2, 0.25) is 0 Å². The third kappa shape index (κ3) is 4.47. The fourth-order valence-corrected chi connectivity index (χ4v) is 5.53. The lowest BCUT2D eigenvalue weighted by Gasteiger charge is -2.27. The third-order valence-corrected chi connectivity index (χ3v) is 7.45. The van der Waals surface area contributed by atoms with Gasteiger partial charge < -0.3 is 9.47 Å². The highest BCUT2D eigenvalue weighted by molar-refractivity contribution is 7.22. The molecule has 0 spiro atoms. The van der Waals surface area contributed by atoms with Crippen LogP contribution in [0.5, 0.6) is 5.75 Å². The Morgan fingerprint density at radius 1 is 1.16 bits per heavy atom. The molecule has 2 aromatic heterocycles. The number of thiazole rings is 2. The molecule has 32 heavy (non-hydrogen) atoms. The highest BCUT2D eigenvalue weighted by atomic mass is 32.1. The van der Waals surface area contributed by atoms with E-state index in [1.807, 2.05) is 41.3 Å². The largest absolute Gasteiger partial charge is 0.497 e. The zero-order chi connectivity index (χ0) is 21.9. The van der Waals surface area contributed by atoms with Gasteiger partial charge in [-0.3, -0.25) is 14.6 Å². The Labute approximate surface area is 194 Å². The third-order valence-electron chi connectivity index (χ3n) is 5.60. The van der Waals surface area contributed by atoms with Gasteiger partial charge in [0, 0.05) is 37.8 Å². The zero-order valence-electron chi connectivity index (χ0n) is 17.8. The molecule has 1 aliphatic heterocycles. The molecule has 2 aromatic carbocycles. The van der Waals surface area contributed by atoms with E-state index in [1.54, 1.807) is 24.0 Å². The maximum absolute atomic E-state index is 13.6. The molecule has 0 radical (unpaired) electrons. The fraction of sp³-hybridized carbons (Fsp3) is 0.348. The van der Waals surface area contributed by atoms with Gasteiger partial charge >= 0.3 is 0 Å². The lowest BCUT2D eigenvalue weighted by molar-refractivity contribution is 0.0376. The lowest BCUT2D eigenvalue weighted by atomic mass is 10.2. The summed E-state index contributed by atoms with van der Waals surface area (Å²) in [6.07, 6.45) is 0.869. The summed E-state index contributed by atoms with van der Waals surface area (Å²) in [5.41, 5.74) is 4.22. The van der Waals surface area contributed by atoms with E-state index in [1.165, 1.54) is 11.3 Å². The van der Waals surface area contributed by atoms with Crippen molar-refractivity contribution in [3.63, 3.8) is 0 Å². The molecule has 0 unspecified atom stereocenters. The predicted octanol–water partition coefficient (Wildman–Crippen LogP) is 4.28. The maximum Gasteiger partial charge on any atom is 0.260 e. The Hall–Kier alpha value is -2.59. The molecular weight excluding hydrogens is 444 g/mol. The smallest absolute Gasteiger partial charge is 0.260 e. The maximum atomic E-state index is 13.6. The quantitative estimate of drug-likeness (QED) is 0.403. The standard InChI is InChI=1S/C23H24N4O3S2/c1-29-17-4-6-20-19(14-17)25-23(32-20)27(8-2-7-26-9-11-30-12-10-26)22(28)16-3-5-18-21(13-16)31-15-24-18/h3-6,13-15H,2,7-12H2,1H3. The SMILES string of the molecule is COc1ccc2sc(N(CCCN3CCOCC3)C(=O)c3ccc4ncsc4c3)nc2c1. The van der Waals surface area contributed by atoms with E-state index in [-0.39, 0.29) is 5.91 Å². The second kappa shape index (κ2) is 9.50. The molecule has 3 heterocycles. The van der Waals surface area contributed by atoms with Crippen molar-refractivity contribution in [3.8, 4) is 5.75 Å². The first-order valence-electron chi connectivity index (χ1n) is 10.6. The van der Waals surface area contributed by atoms with E-state index in [0.29, 0.717) is 17.2 Å². The van der Waals surface area contributed by atoms with Crippen molar-refractivity contribution in [2.75, 3.05) is 51.4 Å². The molecule has 1 saturated heterocycles. The van der Waals surface area contributed by atoms with E-state index in [4.69, 9.17) is 14.5 Å². The molecule has 0 saturated carbocycles. The number of benzene rings is 2. The first kappa shape index (κ1) is 21.3. The van der Waals surface area contributed by atoms with Gasteiger partial charge in [0.25, 0.3) is 5.91 Å². The lowest BCUT2D eigenvalue weighted by Crippen LogP contribution is -2.39. The van der Waals surface area contributed by atoms with Crippen LogP contribution in [0.1, 0.15) is 16.8 Å². The van der Waals surface area contributed by atoms with Gasteiger partial charge in [-0.2, -0.15) is 0 Å². The van der Waals surface area contributed by atoms with E-state index in [9.17, 15) is 4.79 Å². The number of aromatic nitrogens is 2. The topological polar surface area (TPSA) is 67.8 Å². The van der Waals surface area contributed by atoms with Crippen LogP contribution in [0, 0.1) is 0 Å². The van der Waals surface area contributed by atoms with Crippen LogP contribution in [-0.2, 0) is 4.74 Å². The highest BCUT2D eigenvalue weighted by Gasteiger charge is 2.22. The van der Waals surface area contributed by atoms with Gasteiger partial charge in [-0.05, 0) is 36.8 Å². The monoisotopic (exact) mass is 468 g/mol. The summed E-state index contributed by atoms with van der Waals surface area (Å²) in [6, 6.07) is 11.5. The average Bonchev–Trinajstić information content (AvgIpc) is 3.47. The van der Waals surface area contributed by atoms with Crippen molar-refractivity contribution in [1.82, 2.24) is 14.9 Å². The van der Waals surface area contributed by atoms with Crippen LogP contribution in [0.2, 0.25) is 0 Å². The Morgan fingerprint density at radius 2 is 2.03 bits per heavy atom. The number of ether oxygens (including phenoxy) is 2. The van der Waals surface area contributed by atoms with Crippen LogP contribution in [0.25, 0.3) is 20.4 Å². The molecule has 7 nitrogen and oxygen atoms in total. The van der Waals surface area contributed by atoms with Crippen molar-refractivity contribution in [2.45, 2.75) is 6.42 Å². The van der Waals surface area contributed by atoms with Gasteiger partial charge in [-0.25, -0.2) is 9.97 Å². The van der Waals surface area contributed by atoms with Crippen molar-refractivity contribution >= 4 is 54.1 Å². The van der Waals surface area contributed by atoms with Crippen molar-refractivity contribution in [2.24, 2.45) is 0 Å². The van der Waals surface area contributed by atoms with Gasteiger partial charge in [0.05, 0.1) is 46.3 Å². The summed E-state index contributed by atoms with van der Waals surface area (Å²) < 4.78 is 12.8. The molecular formula is C23H24N4O3S2. The van der Waals surface area contributed by atoms with Gasteiger partial charge in [0.1, 0.15) is 5.75 Å². The number of rotatable bonds is 7. The summed E-state index contributed by atoms with van der Waals surface area (Å²) in [4.78, 5) is 26.9. The Bertz CT molecular complexity index is 1230. The van der Waals surface area contributed by atoms with Crippen molar-refractivity contribution < 1.29 is 14.3 Å². The van der Waals surface area contributed by atoms with E-state index in [2.05, 4.69) is 9.88 Å². The number of carbonyl (C=O) groups excluding carboxylic acids is 1. The minimum Gasteiger partial charge on any atom is -0.497 e. The normalized spacial score (nSPS) is 14.8. The minimum atomic E-state index is -0.0340. The molecule has 1 aliphatic rings. The van der Waals surface area contributed by atoms with Crippen LogP contribution in [-0.4, -0.2) is 67.3 Å². The van der Waals surface area contributed by atoms with Crippen LogP contribution in [0.15, 0.2) is 41.9 Å². The van der Waals surface area contributed by atoms with E-state index < -0.39 is 0 Å². The van der Waals surface area contributed by atoms with Crippen LogP contribution in [0.4, 0.5) is 5.13 Å². The van der Waals surface area contributed by atoms with E-state index >= 15 is 0 Å². The molecule has 1 amide bonds. The second-order valence-electron chi connectivity index (χ2n) is 7.63. The molecule has 1 fully saturated rings. The Balaban J connectivity index is 1.42. The van der Waals surface area contributed by atoms with Crippen LogP contribution in [0.3, 0.4) is 0 Å². The van der Waals surface area contributed by atoms with Crippen molar-refractivity contribution in [3.05, 3.63) is 47.5 Å². The van der Waals surface area contributed by atoms with Gasteiger partial charge in [-0.15, -0.1) is 11.3 Å². The number of carbonyl (C=O) groups is 1. The number of anilines is 1. The number of nitrogens with zero attached hydrogens (tertiary/aromatic N) is 4. The number of amides is 1. The van der Waals surface area contributed by atoms with Gasteiger partial charge in [0.15, 0.2) is 5.13 Å². The Morgan fingerprint density at radius 3 is 2.88 bits per heavy atom. The number of morpholine rings is 1. The number of methoxy groups -OCH3 is 1. The highest BCUT2D eigenvalue weighted by Crippen LogP contribution is 2.32. The molecule has 4 aromatic rings. The summed E-state index contributed by atoms with van der Waals surface area (Å²) in [7, 11) is 1.64. The first-order valence-corrected chi connectivity index (χ1v) is 12.3. The number of hydrogen-bond acceptors (Lipinski definition) is 8.